The molecule has 0 saturated heterocycles. The number of rotatable bonds is 5. The number of hydrogen-bond acceptors (Lipinski definition) is 3. The highest BCUT2D eigenvalue weighted by atomic mass is 79.9. The Morgan fingerprint density at radius 1 is 1.56 bits per heavy atom. The van der Waals surface area contributed by atoms with E-state index in [-0.39, 0.29) is 17.1 Å². The molecule has 2 rings (SSSR count). The first kappa shape index (κ1) is 13.1. The standard InChI is InChI=1S/C12H15BrFN3O/c13-8-1-2-10(9(14)5-8)16-7-12(3-4-12)6-11(15)17-18/h1-2,5,16,18H,3-4,6-7H2,(H2,15,17). The monoisotopic (exact) mass is 315 g/mol. The van der Waals surface area contributed by atoms with Crippen LogP contribution >= 0.6 is 15.9 Å². The predicted octanol–water partition coefficient (Wildman–Crippen LogP) is 2.92. The van der Waals surface area contributed by atoms with Crippen molar-refractivity contribution in [3.8, 4) is 0 Å². The quantitative estimate of drug-likeness (QED) is 0.338. The van der Waals surface area contributed by atoms with Crippen molar-refractivity contribution in [2.75, 3.05) is 11.9 Å². The molecule has 98 valence electrons. The minimum absolute atomic E-state index is 0.00975. The fraction of sp³-hybridized carbons (Fsp3) is 0.417. The highest BCUT2D eigenvalue weighted by Gasteiger charge is 2.43. The van der Waals surface area contributed by atoms with E-state index < -0.39 is 0 Å². The number of amidine groups is 1. The number of hydrogen-bond donors (Lipinski definition) is 3. The van der Waals surface area contributed by atoms with Crippen LogP contribution in [-0.2, 0) is 0 Å². The van der Waals surface area contributed by atoms with Crippen LogP contribution in [0.3, 0.4) is 0 Å². The van der Waals surface area contributed by atoms with Crippen molar-refractivity contribution < 1.29 is 9.60 Å². The van der Waals surface area contributed by atoms with E-state index in [1.165, 1.54) is 6.07 Å². The minimum Gasteiger partial charge on any atom is -0.409 e. The Bertz CT molecular complexity index is 474. The van der Waals surface area contributed by atoms with Gasteiger partial charge in [0.05, 0.1) is 5.69 Å². The van der Waals surface area contributed by atoms with E-state index in [1.807, 2.05) is 0 Å². The van der Waals surface area contributed by atoms with E-state index in [1.54, 1.807) is 12.1 Å². The number of nitrogens with two attached hydrogens (primary N) is 1. The van der Waals surface area contributed by atoms with Gasteiger partial charge in [-0.1, -0.05) is 21.1 Å². The Kier molecular flexibility index (Phi) is 3.75. The smallest absolute Gasteiger partial charge is 0.147 e. The molecule has 1 saturated carbocycles. The van der Waals surface area contributed by atoms with Gasteiger partial charge in [-0.25, -0.2) is 4.39 Å². The summed E-state index contributed by atoms with van der Waals surface area (Å²) in [5, 5.41) is 14.6. The van der Waals surface area contributed by atoms with Gasteiger partial charge in [0.2, 0.25) is 0 Å². The van der Waals surface area contributed by atoms with Gasteiger partial charge in [0, 0.05) is 17.4 Å². The molecule has 0 aromatic heterocycles. The Hall–Kier alpha value is -1.30. The summed E-state index contributed by atoms with van der Waals surface area (Å²) < 4.78 is 14.3. The molecule has 1 aliphatic carbocycles. The van der Waals surface area contributed by atoms with Gasteiger partial charge in [-0.05, 0) is 36.5 Å². The van der Waals surface area contributed by atoms with Gasteiger partial charge < -0.3 is 16.3 Å². The molecular weight excluding hydrogens is 301 g/mol. The number of halogens is 2. The Morgan fingerprint density at radius 2 is 2.28 bits per heavy atom. The summed E-state index contributed by atoms with van der Waals surface area (Å²) in [6, 6.07) is 4.90. The largest absolute Gasteiger partial charge is 0.409 e. The maximum absolute atomic E-state index is 13.6. The van der Waals surface area contributed by atoms with E-state index in [0.717, 1.165) is 12.8 Å². The first-order chi connectivity index (χ1) is 8.54. The average molecular weight is 316 g/mol. The number of oxime groups is 1. The summed E-state index contributed by atoms with van der Waals surface area (Å²) in [5.74, 6) is -0.0606. The Balaban J connectivity index is 1.95. The van der Waals surface area contributed by atoms with Crippen LogP contribution in [0.15, 0.2) is 27.8 Å². The van der Waals surface area contributed by atoms with Crippen molar-refractivity contribution in [2.45, 2.75) is 19.3 Å². The van der Waals surface area contributed by atoms with Crippen molar-refractivity contribution in [2.24, 2.45) is 16.3 Å². The maximum atomic E-state index is 13.6. The van der Waals surface area contributed by atoms with Gasteiger partial charge in [-0.3, -0.25) is 0 Å². The van der Waals surface area contributed by atoms with E-state index in [0.29, 0.717) is 23.1 Å². The molecule has 0 atom stereocenters. The molecular formula is C12H15BrFN3O. The third-order valence-corrected chi connectivity index (χ3v) is 3.72. The molecule has 0 unspecified atom stereocenters. The SMILES string of the molecule is NC(CC1(CNc2ccc(Br)cc2F)CC1)=NO. The van der Waals surface area contributed by atoms with Crippen LogP contribution in [0.1, 0.15) is 19.3 Å². The minimum atomic E-state index is -0.288. The van der Waals surface area contributed by atoms with E-state index in [2.05, 4.69) is 26.4 Å². The topological polar surface area (TPSA) is 70.6 Å². The molecule has 0 radical (unpaired) electrons. The summed E-state index contributed by atoms with van der Waals surface area (Å²) in [7, 11) is 0. The van der Waals surface area contributed by atoms with E-state index in [4.69, 9.17) is 10.9 Å². The van der Waals surface area contributed by atoms with Gasteiger partial charge in [0.1, 0.15) is 11.7 Å². The molecule has 18 heavy (non-hydrogen) atoms. The van der Waals surface area contributed by atoms with Crippen LogP contribution in [0.5, 0.6) is 0 Å². The lowest BCUT2D eigenvalue weighted by atomic mass is 10.0. The fourth-order valence-corrected chi connectivity index (χ4v) is 2.26. The van der Waals surface area contributed by atoms with Crippen LogP contribution in [0.4, 0.5) is 10.1 Å². The van der Waals surface area contributed by atoms with Gasteiger partial charge in [0.15, 0.2) is 0 Å². The first-order valence-corrected chi connectivity index (χ1v) is 6.49. The van der Waals surface area contributed by atoms with Crippen LogP contribution in [-0.4, -0.2) is 17.6 Å². The molecule has 1 aromatic rings. The lowest BCUT2D eigenvalue weighted by molar-refractivity contribution is 0.315. The van der Waals surface area contributed by atoms with Crippen molar-refractivity contribution in [1.82, 2.24) is 0 Å². The zero-order valence-electron chi connectivity index (χ0n) is 9.79. The van der Waals surface area contributed by atoms with E-state index in [9.17, 15) is 4.39 Å². The summed E-state index contributed by atoms with van der Waals surface area (Å²) in [6.07, 6.45) is 2.55. The van der Waals surface area contributed by atoms with Crippen molar-refractivity contribution >= 4 is 27.5 Å². The van der Waals surface area contributed by atoms with Crippen molar-refractivity contribution in [1.29, 1.82) is 0 Å². The van der Waals surface area contributed by atoms with Gasteiger partial charge >= 0.3 is 0 Å². The molecule has 0 amide bonds. The van der Waals surface area contributed by atoms with Gasteiger partial charge in [-0.15, -0.1) is 0 Å². The second-order valence-corrected chi connectivity index (χ2v) is 5.66. The third kappa shape index (κ3) is 3.13. The molecule has 1 fully saturated rings. The molecule has 4 N–H and O–H groups in total. The molecule has 0 heterocycles. The van der Waals surface area contributed by atoms with Crippen molar-refractivity contribution in [3.63, 3.8) is 0 Å². The number of nitrogens with one attached hydrogen (secondary N) is 1. The van der Waals surface area contributed by atoms with Crippen LogP contribution in [0.2, 0.25) is 0 Å². The molecule has 6 heteroatoms. The predicted molar refractivity (Wildman–Crippen MR) is 72.3 cm³/mol. The summed E-state index contributed by atoms with van der Waals surface area (Å²) in [5.41, 5.74) is 6.00. The first-order valence-electron chi connectivity index (χ1n) is 5.70. The lowest BCUT2D eigenvalue weighted by Crippen LogP contribution is -2.24. The van der Waals surface area contributed by atoms with Crippen LogP contribution in [0, 0.1) is 11.2 Å². The average Bonchev–Trinajstić information content (AvgIpc) is 3.08. The third-order valence-electron chi connectivity index (χ3n) is 3.23. The fourth-order valence-electron chi connectivity index (χ4n) is 1.93. The zero-order chi connectivity index (χ0) is 13.2. The Morgan fingerprint density at radius 3 is 2.83 bits per heavy atom. The number of nitrogens with zero attached hydrogens (tertiary/aromatic N) is 1. The maximum Gasteiger partial charge on any atom is 0.147 e. The highest BCUT2D eigenvalue weighted by Crippen LogP contribution is 2.48. The van der Waals surface area contributed by atoms with E-state index >= 15 is 0 Å². The number of benzene rings is 1. The second-order valence-electron chi connectivity index (χ2n) is 4.75. The number of anilines is 1. The zero-order valence-corrected chi connectivity index (χ0v) is 11.4. The highest BCUT2D eigenvalue weighted by molar-refractivity contribution is 9.10. The summed E-state index contributed by atoms with van der Waals surface area (Å²) in [4.78, 5) is 0. The normalized spacial score (nSPS) is 17.6. The Labute approximate surface area is 113 Å². The molecule has 0 spiro atoms. The molecule has 4 nitrogen and oxygen atoms in total. The van der Waals surface area contributed by atoms with Crippen LogP contribution < -0.4 is 11.1 Å². The molecule has 0 bridgehead atoms. The summed E-state index contributed by atoms with van der Waals surface area (Å²) >= 11 is 3.21. The molecule has 0 aliphatic heterocycles. The van der Waals surface area contributed by atoms with Crippen molar-refractivity contribution in [3.05, 3.63) is 28.5 Å². The van der Waals surface area contributed by atoms with Crippen LogP contribution in [0.25, 0.3) is 0 Å². The lowest BCUT2D eigenvalue weighted by Gasteiger charge is -2.16. The second kappa shape index (κ2) is 5.14. The molecule has 1 aromatic carbocycles. The van der Waals surface area contributed by atoms with Gasteiger partial charge in [0.25, 0.3) is 0 Å². The molecule has 1 aliphatic rings. The van der Waals surface area contributed by atoms with Gasteiger partial charge in [-0.2, -0.15) is 0 Å². The summed E-state index contributed by atoms with van der Waals surface area (Å²) in [6.45, 7) is 0.627.